The van der Waals surface area contributed by atoms with Crippen LogP contribution in [0, 0.1) is 6.92 Å². The van der Waals surface area contributed by atoms with Gasteiger partial charge in [-0.25, -0.2) is 0 Å². The third-order valence-electron chi connectivity index (χ3n) is 5.16. The molecule has 0 saturated carbocycles. The maximum atomic E-state index is 4.64. The molecule has 24 heavy (non-hydrogen) atoms. The van der Waals surface area contributed by atoms with Gasteiger partial charge in [-0.1, -0.05) is 28.9 Å². The Balaban J connectivity index is 1.90. The van der Waals surface area contributed by atoms with E-state index in [4.69, 9.17) is 0 Å². The molecular weight excluding hydrogens is 360 g/mol. The fraction of sp³-hybridized carbons (Fsp3) is 0.381. The van der Waals surface area contributed by atoms with Crippen molar-refractivity contribution in [1.29, 1.82) is 0 Å². The number of hydrogen-bond acceptors (Lipinski definition) is 2. The van der Waals surface area contributed by atoms with Gasteiger partial charge in [0.05, 0.1) is 5.69 Å². The molecule has 0 saturated heterocycles. The van der Waals surface area contributed by atoms with Crippen molar-refractivity contribution in [2.45, 2.75) is 45.6 Å². The number of benzene rings is 2. The Bertz CT molecular complexity index is 792. The molecule has 0 N–H and O–H groups in total. The van der Waals surface area contributed by atoms with Crippen molar-refractivity contribution in [3.05, 3.63) is 57.6 Å². The van der Waals surface area contributed by atoms with Crippen LogP contribution >= 0.6 is 15.9 Å². The Morgan fingerprint density at radius 1 is 1.21 bits per heavy atom. The highest BCUT2D eigenvalue weighted by Crippen LogP contribution is 2.42. The molecule has 0 radical (unpaired) electrons. The van der Waals surface area contributed by atoms with E-state index in [1.54, 1.807) is 0 Å². The summed E-state index contributed by atoms with van der Waals surface area (Å²) in [5.74, 6) is 0.564. The molecule has 0 fully saturated rings. The molecule has 0 amide bonds. The summed E-state index contributed by atoms with van der Waals surface area (Å²) in [4.78, 5) is 7.04. The van der Waals surface area contributed by atoms with Gasteiger partial charge in [-0.2, -0.15) is 0 Å². The van der Waals surface area contributed by atoms with Gasteiger partial charge in [0, 0.05) is 29.0 Å². The van der Waals surface area contributed by atoms with Gasteiger partial charge in [0.25, 0.3) is 0 Å². The first-order chi connectivity index (χ1) is 11.3. The third kappa shape index (κ3) is 3.27. The van der Waals surface area contributed by atoms with Crippen LogP contribution in [0.15, 0.2) is 45.9 Å². The molecule has 1 aliphatic rings. The monoisotopic (exact) mass is 384 g/mol. The van der Waals surface area contributed by atoms with Crippen LogP contribution < -0.4 is 4.90 Å². The number of aliphatic imine (C=N–C) groups is 1. The average molecular weight is 385 g/mol. The molecule has 1 heterocycles. The van der Waals surface area contributed by atoms with Gasteiger partial charge in [-0.15, -0.1) is 0 Å². The molecule has 1 unspecified atom stereocenters. The zero-order valence-electron chi connectivity index (χ0n) is 15.1. The van der Waals surface area contributed by atoms with E-state index in [2.05, 4.69) is 84.8 Å². The average Bonchev–Trinajstić information content (AvgIpc) is 2.53. The molecule has 0 bridgehead atoms. The van der Waals surface area contributed by atoms with Gasteiger partial charge in [-0.3, -0.25) is 4.99 Å². The summed E-state index contributed by atoms with van der Waals surface area (Å²) in [5.41, 5.74) is 6.32. The van der Waals surface area contributed by atoms with E-state index in [1.165, 1.54) is 23.2 Å². The lowest BCUT2D eigenvalue weighted by Crippen LogP contribution is -2.45. The van der Waals surface area contributed by atoms with Gasteiger partial charge in [-0.05, 0) is 80.1 Å². The molecular formula is C21H25BrN2. The van der Waals surface area contributed by atoms with E-state index in [0.717, 1.165) is 15.7 Å². The molecule has 1 atom stereocenters. The van der Waals surface area contributed by atoms with E-state index >= 15 is 0 Å². The fourth-order valence-corrected chi connectivity index (χ4v) is 3.78. The van der Waals surface area contributed by atoms with Crippen molar-refractivity contribution in [3.63, 3.8) is 0 Å². The molecule has 0 aromatic heterocycles. The predicted octanol–water partition coefficient (Wildman–Crippen LogP) is 6.23. The number of halogens is 1. The Morgan fingerprint density at radius 3 is 2.67 bits per heavy atom. The lowest BCUT2D eigenvalue weighted by molar-refractivity contribution is 0.395. The molecule has 3 heteroatoms. The van der Waals surface area contributed by atoms with Crippen LogP contribution in [0.25, 0.3) is 0 Å². The minimum atomic E-state index is 0.205. The van der Waals surface area contributed by atoms with Gasteiger partial charge in [0.2, 0.25) is 0 Å². The summed E-state index contributed by atoms with van der Waals surface area (Å²) in [6.45, 7) is 9.04. The molecule has 2 nitrogen and oxygen atoms in total. The minimum Gasteiger partial charge on any atom is -0.369 e. The van der Waals surface area contributed by atoms with Gasteiger partial charge in [0.15, 0.2) is 0 Å². The Morgan fingerprint density at radius 2 is 1.96 bits per heavy atom. The number of fused-ring (bicyclic) bond motifs is 1. The van der Waals surface area contributed by atoms with Crippen LogP contribution in [0.1, 0.15) is 49.8 Å². The Labute approximate surface area is 153 Å². The van der Waals surface area contributed by atoms with Crippen molar-refractivity contribution in [2.24, 2.45) is 4.99 Å². The van der Waals surface area contributed by atoms with Crippen LogP contribution in [0.5, 0.6) is 0 Å². The molecule has 126 valence electrons. The fourth-order valence-electron chi connectivity index (χ4n) is 3.53. The third-order valence-corrected chi connectivity index (χ3v) is 6.05. The number of hydrogen-bond donors (Lipinski definition) is 0. The maximum Gasteiger partial charge on any atom is 0.0633 e. The first kappa shape index (κ1) is 17.2. The zero-order chi connectivity index (χ0) is 17.5. The molecule has 2 aromatic carbocycles. The van der Waals surface area contributed by atoms with E-state index in [0.29, 0.717) is 5.92 Å². The molecule has 0 spiro atoms. The Hall–Kier alpha value is -1.61. The van der Waals surface area contributed by atoms with E-state index in [-0.39, 0.29) is 5.54 Å². The topological polar surface area (TPSA) is 15.6 Å². The van der Waals surface area contributed by atoms with Crippen molar-refractivity contribution in [1.82, 2.24) is 0 Å². The van der Waals surface area contributed by atoms with Crippen LogP contribution in [-0.2, 0) is 0 Å². The van der Waals surface area contributed by atoms with Crippen LogP contribution in [0.2, 0.25) is 0 Å². The lowest BCUT2D eigenvalue weighted by atomic mass is 9.80. The highest BCUT2D eigenvalue weighted by atomic mass is 79.9. The van der Waals surface area contributed by atoms with Crippen LogP contribution in [-0.4, -0.2) is 18.8 Å². The largest absolute Gasteiger partial charge is 0.369 e. The molecule has 1 aliphatic heterocycles. The lowest BCUT2D eigenvalue weighted by Gasteiger charge is -2.45. The van der Waals surface area contributed by atoms with Crippen molar-refractivity contribution in [2.75, 3.05) is 11.9 Å². The summed E-state index contributed by atoms with van der Waals surface area (Å²) >= 11 is 3.53. The quantitative estimate of drug-likeness (QED) is 0.560. The van der Waals surface area contributed by atoms with Crippen LogP contribution in [0.4, 0.5) is 11.4 Å². The SMILES string of the molecule is Cc1cc(N=Cc2ccc3c(c2)C(C)CC(C)(C)N3C)ccc1Br. The van der Waals surface area contributed by atoms with E-state index < -0.39 is 0 Å². The van der Waals surface area contributed by atoms with Crippen molar-refractivity contribution >= 4 is 33.5 Å². The van der Waals surface area contributed by atoms with Crippen molar-refractivity contribution < 1.29 is 0 Å². The summed E-state index contributed by atoms with van der Waals surface area (Å²) in [6.07, 6.45) is 3.14. The maximum absolute atomic E-state index is 4.64. The highest BCUT2D eigenvalue weighted by Gasteiger charge is 2.33. The Kier molecular flexibility index (Phi) is 4.56. The second-order valence-electron chi connectivity index (χ2n) is 7.49. The summed E-state index contributed by atoms with van der Waals surface area (Å²) in [7, 11) is 2.20. The van der Waals surface area contributed by atoms with E-state index in [9.17, 15) is 0 Å². The minimum absolute atomic E-state index is 0.205. The van der Waals surface area contributed by atoms with E-state index in [1.807, 2.05) is 18.3 Å². The first-order valence-corrected chi connectivity index (χ1v) is 9.25. The number of nitrogens with zero attached hydrogens (tertiary/aromatic N) is 2. The summed E-state index contributed by atoms with van der Waals surface area (Å²) < 4.78 is 1.12. The highest BCUT2D eigenvalue weighted by molar-refractivity contribution is 9.10. The number of aryl methyl sites for hydroxylation is 1. The van der Waals surface area contributed by atoms with Crippen LogP contribution in [0.3, 0.4) is 0 Å². The predicted molar refractivity (Wildman–Crippen MR) is 108 cm³/mol. The van der Waals surface area contributed by atoms with Crippen molar-refractivity contribution in [3.8, 4) is 0 Å². The number of anilines is 1. The zero-order valence-corrected chi connectivity index (χ0v) is 16.7. The number of rotatable bonds is 2. The van der Waals surface area contributed by atoms with Gasteiger partial charge in [0.1, 0.15) is 0 Å². The summed E-state index contributed by atoms with van der Waals surface area (Å²) in [5, 5.41) is 0. The van der Waals surface area contributed by atoms with Gasteiger partial charge < -0.3 is 4.90 Å². The second-order valence-corrected chi connectivity index (χ2v) is 8.34. The standard InChI is InChI=1S/C21H25BrN2/c1-14-10-17(7-8-19(14)22)23-13-16-6-9-20-18(11-16)15(2)12-21(3,4)24(20)5/h6-11,13,15H,12H2,1-5H3. The molecule has 2 aromatic rings. The smallest absolute Gasteiger partial charge is 0.0633 e. The summed E-state index contributed by atoms with van der Waals surface area (Å²) in [6, 6.07) is 12.9. The molecule has 3 rings (SSSR count). The van der Waals surface area contributed by atoms with Gasteiger partial charge >= 0.3 is 0 Å². The second kappa shape index (κ2) is 6.36. The normalized spacial score (nSPS) is 19.6. The first-order valence-electron chi connectivity index (χ1n) is 8.46. The molecule has 0 aliphatic carbocycles.